The molecule has 1 fully saturated rings. The smallest absolute Gasteiger partial charge is 0.0655 e. The highest BCUT2D eigenvalue weighted by atomic mass is 35.5. The van der Waals surface area contributed by atoms with Crippen molar-refractivity contribution < 1.29 is 4.74 Å². The van der Waals surface area contributed by atoms with Gasteiger partial charge in [-0.15, -0.1) is 11.6 Å². The van der Waals surface area contributed by atoms with Crippen LogP contribution < -0.4 is 0 Å². The molecule has 1 saturated heterocycles. The fourth-order valence-electron chi connectivity index (χ4n) is 2.24. The summed E-state index contributed by atoms with van der Waals surface area (Å²) in [5.74, 6) is 0.662. The van der Waals surface area contributed by atoms with E-state index >= 15 is 0 Å². The van der Waals surface area contributed by atoms with Gasteiger partial charge in [-0.2, -0.15) is 0 Å². The molecular weight excluding hydrogens is 196 g/mol. The van der Waals surface area contributed by atoms with Gasteiger partial charge in [0.25, 0.3) is 0 Å². The highest BCUT2D eigenvalue weighted by molar-refractivity contribution is 6.20. The molecule has 1 aliphatic heterocycles. The summed E-state index contributed by atoms with van der Waals surface area (Å²) in [7, 11) is 0. The molecule has 0 aromatic carbocycles. The molecule has 0 spiro atoms. The van der Waals surface area contributed by atoms with Crippen LogP contribution in [-0.2, 0) is 4.74 Å². The van der Waals surface area contributed by atoms with Gasteiger partial charge in [0, 0.05) is 12.0 Å². The van der Waals surface area contributed by atoms with Gasteiger partial charge in [0.15, 0.2) is 0 Å². The standard InChI is InChI=1S/C12H23ClO/c1-4-6-11(13)10-7-8-14-12(3,5-2)9-10/h10-11H,4-9H2,1-3H3. The van der Waals surface area contributed by atoms with Crippen LogP contribution in [0.4, 0.5) is 0 Å². The van der Waals surface area contributed by atoms with Crippen LogP contribution in [0.15, 0.2) is 0 Å². The van der Waals surface area contributed by atoms with E-state index in [0.29, 0.717) is 11.3 Å². The number of hydrogen-bond acceptors (Lipinski definition) is 1. The van der Waals surface area contributed by atoms with Crippen molar-refractivity contribution in [3.8, 4) is 0 Å². The molecule has 2 heteroatoms. The van der Waals surface area contributed by atoms with Gasteiger partial charge in [-0.1, -0.05) is 20.3 Å². The van der Waals surface area contributed by atoms with E-state index in [0.717, 1.165) is 32.3 Å². The number of ether oxygens (including phenoxy) is 1. The molecule has 0 N–H and O–H groups in total. The normalized spacial score (nSPS) is 35.6. The van der Waals surface area contributed by atoms with E-state index in [1.807, 2.05) is 0 Å². The van der Waals surface area contributed by atoms with Crippen molar-refractivity contribution in [2.75, 3.05) is 6.61 Å². The van der Waals surface area contributed by atoms with Crippen LogP contribution in [0.2, 0.25) is 0 Å². The summed E-state index contributed by atoms with van der Waals surface area (Å²) < 4.78 is 5.81. The lowest BCUT2D eigenvalue weighted by Gasteiger charge is -2.39. The Kier molecular flexibility index (Phi) is 4.72. The Morgan fingerprint density at radius 2 is 2.21 bits per heavy atom. The summed E-state index contributed by atoms with van der Waals surface area (Å²) in [6.45, 7) is 7.51. The van der Waals surface area contributed by atoms with Crippen molar-refractivity contribution in [2.24, 2.45) is 5.92 Å². The number of halogens is 1. The monoisotopic (exact) mass is 218 g/mol. The Bertz CT molecular complexity index is 172. The Labute approximate surface area is 93.2 Å². The molecule has 1 rings (SSSR count). The van der Waals surface area contributed by atoms with Crippen LogP contribution in [0.1, 0.15) is 52.9 Å². The third kappa shape index (κ3) is 3.13. The van der Waals surface area contributed by atoms with Crippen LogP contribution in [0.5, 0.6) is 0 Å². The summed E-state index contributed by atoms with van der Waals surface area (Å²) >= 11 is 6.39. The fourth-order valence-corrected chi connectivity index (χ4v) is 2.67. The minimum atomic E-state index is 0.0871. The average Bonchev–Trinajstić information content (AvgIpc) is 2.18. The first-order valence-corrected chi connectivity index (χ1v) is 6.33. The van der Waals surface area contributed by atoms with Gasteiger partial charge in [0.2, 0.25) is 0 Å². The Hall–Kier alpha value is 0.250. The van der Waals surface area contributed by atoms with E-state index in [-0.39, 0.29) is 5.60 Å². The third-order valence-electron chi connectivity index (χ3n) is 3.46. The van der Waals surface area contributed by atoms with Gasteiger partial charge < -0.3 is 4.74 Å². The number of alkyl halides is 1. The van der Waals surface area contributed by atoms with Crippen LogP contribution in [0.25, 0.3) is 0 Å². The fraction of sp³-hybridized carbons (Fsp3) is 1.00. The lowest BCUT2D eigenvalue weighted by atomic mass is 9.82. The van der Waals surface area contributed by atoms with Crippen molar-refractivity contribution in [1.82, 2.24) is 0 Å². The number of hydrogen-bond donors (Lipinski definition) is 0. The van der Waals surface area contributed by atoms with Gasteiger partial charge in [0.05, 0.1) is 5.60 Å². The predicted molar refractivity (Wildman–Crippen MR) is 61.9 cm³/mol. The third-order valence-corrected chi connectivity index (χ3v) is 4.03. The van der Waals surface area contributed by atoms with Crippen molar-refractivity contribution in [3.05, 3.63) is 0 Å². The molecule has 0 radical (unpaired) electrons. The minimum absolute atomic E-state index is 0.0871. The first-order chi connectivity index (χ1) is 6.61. The van der Waals surface area contributed by atoms with Crippen molar-refractivity contribution >= 4 is 11.6 Å². The van der Waals surface area contributed by atoms with E-state index in [1.54, 1.807) is 0 Å². The topological polar surface area (TPSA) is 9.23 Å². The van der Waals surface area contributed by atoms with Crippen LogP contribution in [0.3, 0.4) is 0 Å². The van der Waals surface area contributed by atoms with E-state index in [4.69, 9.17) is 16.3 Å². The summed E-state index contributed by atoms with van der Waals surface area (Å²) in [6, 6.07) is 0. The maximum absolute atomic E-state index is 6.39. The second-order valence-corrected chi connectivity index (χ2v) is 5.27. The summed E-state index contributed by atoms with van der Waals surface area (Å²) in [6.07, 6.45) is 5.71. The summed E-state index contributed by atoms with van der Waals surface area (Å²) in [4.78, 5) is 0. The molecule has 3 atom stereocenters. The highest BCUT2D eigenvalue weighted by Gasteiger charge is 2.34. The summed E-state index contributed by atoms with van der Waals surface area (Å²) in [5, 5.41) is 0.356. The van der Waals surface area contributed by atoms with Gasteiger partial charge >= 0.3 is 0 Å². The van der Waals surface area contributed by atoms with E-state index in [9.17, 15) is 0 Å². The zero-order chi connectivity index (χ0) is 10.6. The molecule has 1 aliphatic rings. The Morgan fingerprint density at radius 1 is 1.50 bits per heavy atom. The first kappa shape index (κ1) is 12.3. The molecule has 0 bridgehead atoms. The Balaban J connectivity index is 2.47. The van der Waals surface area contributed by atoms with Crippen LogP contribution in [0, 0.1) is 5.92 Å². The second kappa shape index (κ2) is 5.37. The Morgan fingerprint density at radius 3 is 2.79 bits per heavy atom. The SMILES string of the molecule is CCCC(Cl)C1CCOC(C)(CC)C1. The predicted octanol–water partition coefficient (Wildman–Crippen LogP) is 3.99. The van der Waals surface area contributed by atoms with Gasteiger partial charge in [-0.05, 0) is 38.5 Å². The van der Waals surface area contributed by atoms with E-state index in [2.05, 4.69) is 20.8 Å². The van der Waals surface area contributed by atoms with Crippen molar-refractivity contribution in [1.29, 1.82) is 0 Å². The molecular formula is C12H23ClO. The second-order valence-electron chi connectivity index (χ2n) is 4.71. The molecule has 0 aromatic heterocycles. The molecule has 0 amide bonds. The van der Waals surface area contributed by atoms with Crippen molar-refractivity contribution in [2.45, 2.75) is 63.9 Å². The van der Waals surface area contributed by atoms with Gasteiger partial charge in [-0.3, -0.25) is 0 Å². The van der Waals surface area contributed by atoms with Crippen molar-refractivity contribution in [3.63, 3.8) is 0 Å². The molecule has 1 nitrogen and oxygen atoms in total. The first-order valence-electron chi connectivity index (χ1n) is 5.89. The van der Waals surface area contributed by atoms with Gasteiger partial charge in [0.1, 0.15) is 0 Å². The lowest BCUT2D eigenvalue weighted by Crippen LogP contribution is -2.39. The highest BCUT2D eigenvalue weighted by Crippen LogP contribution is 2.36. The molecule has 0 aromatic rings. The number of rotatable bonds is 4. The molecule has 0 saturated carbocycles. The maximum Gasteiger partial charge on any atom is 0.0655 e. The zero-order valence-corrected chi connectivity index (χ0v) is 10.4. The largest absolute Gasteiger partial charge is 0.375 e. The lowest BCUT2D eigenvalue weighted by molar-refractivity contribution is -0.0876. The average molecular weight is 219 g/mol. The molecule has 0 aliphatic carbocycles. The van der Waals surface area contributed by atoms with E-state index in [1.165, 1.54) is 6.42 Å². The quantitative estimate of drug-likeness (QED) is 0.649. The van der Waals surface area contributed by atoms with Crippen LogP contribution in [-0.4, -0.2) is 17.6 Å². The molecule has 14 heavy (non-hydrogen) atoms. The minimum Gasteiger partial charge on any atom is -0.375 e. The maximum atomic E-state index is 6.39. The van der Waals surface area contributed by atoms with Crippen LogP contribution >= 0.6 is 11.6 Å². The zero-order valence-electron chi connectivity index (χ0n) is 9.68. The molecule has 84 valence electrons. The summed E-state index contributed by atoms with van der Waals surface area (Å²) in [5.41, 5.74) is 0.0871. The van der Waals surface area contributed by atoms with Gasteiger partial charge in [-0.25, -0.2) is 0 Å². The molecule has 3 unspecified atom stereocenters. The molecule has 1 heterocycles. The van der Waals surface area contributed by atoms with E-state index < -0.39 is 0 Å².